The smallest absolute Gasteiger partial charge is 0.224 e. The minimum atomic E-state index is -0.0480. The maximum atomic E-state index is 11.7. The average Bonchev–Trinajstić information content (AvgIpc) is 2.37. The van der Waals surface area contributed by atoms with Gasteiger partial charge in [-0.15, -0.1) is 0 Å². The third-order valence-corrected chi connectivity index (χ3v) is 2.84. The van der Waals surface area contributed by atoms with Gasteiger partial charge in [0.05, 0.1) is 13.0 Å². The van der Waals surface area contributed by atoms with E-state index < -0.39 is 0 Å². The fourth-order valence-electron chi connectivity index (χ4n) is 1.88. The molecule has 0 spiro atoms. The molecule has 0 radical (unpaired) electrons. The molecule has 0 aromatic heterocycles. The zero-order valence-corrected chi connectivity index (χ0v) is 10.7. The predicted molar refractivity (Wildman–Crippen MR) is 75.7 cm³/mol. The second kappa shape index (κ2) is 5.69. The predicted octanol–water partition coefficient (Wildman–Crippen LogP) is 3.25. The zero-order chi connectivity index (χ0) is 13.0. The van der Waals surface area contributed by atoms with E-state index in [-0.39, 0.29) is 5.91 Å². The summed E-state index contributed by atoms with van der Waals surface area (Å²) in [6.45, 7) is 3.85. The summed E-state index contributed by atoms with van der Waals surface area (Å²) in [4.78, 5) is 11.7. The maximum absolute atomic E-state index is 11.7. The van der Waals surface area contributed by atoms with E-state index in [1.54, 1.807) is 0 Å². The molecule has 0 heterocycles. The molecule has 2 aromatic rings. The highest BCUT2D eigenvalue weighted by molar-refractivity contribution is 6.29. The Kier molecular flexibility index (Phi) is 4.00. The van der Waals surface area contributed by atoms with Gasteiger partial charge in [0.1, 0.15) is 0 Å². The van der Waals surface area contributed by atoms with Crippen LogP contribution in [0.4, 0.5) is 0 Å². The summed E-state index contributed by atoms with van der Waals surface area (Å²) in [5.74, 6) is -0.0480. The summed E-state index contributed by atoms with van der Waals surface area (Å²) in [5, 5.41) is 5.41. The first-order chi connectivity index (χ1) is 8.66. The summed E-state index contributed by atoms with van der Waals surface area (Å²) < 4.78 is 0. The third-order valence-electron chi connectivity index (χ3n) is 2.71. The van der Waals surface area contributed by atoms with Crippen molar-refractivity contribution in [1.82, 2.24) is 5.32 Å². The summed E-state index contributed by atoms with van der Waals surface area (Å²) in [6, 6.07) is 14.0. The van der Waals surface area contributed by atoms with Crippen LogP contribution in [0.1, 0.15) is 5.56 Å². The van der Waals surface area contributed by atoms with Crippen LogP contribution >= 0.6 is 11.6 Å². The minimum absolute atomic E-state index is 0.0480. The normalized spacial score (nSPS) is 10.3. The molecule has 92 valence electrons. The number of fused-ring (bicyclic) bond motifs is 1. The van der Waals surface area contributed by atoms with Crippen LogP contribution in [0.5, 0.6) is 0 Å². The van der Waals surface area contributed by atoms with Crippen LogP contribution in [0, 0.1) is 0 Å². The number of rotatable bonds is 4. The van der Waals surface area contributed by atoms with Crippen LogP contribution in [-0.2, 0) is 11.2 Å². The molecule has 3 heteroatoms. The minimum Gasteiger partial charge on any atom is -0.351 e. The molecule has 2 nitrogen and oxygen atoms in total. The van der Waals surface area contributed by atoms with Crippen molar-refractivity contribution >= 4 is 28.3 Å². The molecule has 1 N–H and O–H groups in total. The largest absolute Gasteiger partial charge is 0.351 e. The molecule has 0 bridgehead atoms. The molecule has 0 saturated carbocycles. The summed E-state index contributed by atoms with van der Waals surface area (Å²) in [5.41, 5.74) is 1.02. The monoisotopic (exact) mass is 259 g/mol. The second-order valence-electron chi connectivity index (χ2n) is 4.11. The molecule has 1 amide bonds. The molecule has 18 heavy (non-hydrogen) atoms. The van der Waals surface area contributed by atoms with E-state index >= 15 is 0 Å². The number of hydrogen-bond donors (Lipinski definition) is 1. The number of carbonyl (C=O) groups excluding carboxylic acids is 1. The van der Waals surface area contributed by atoms with Gasteiger partial charge in [0.2, 0.25) is 5.91 Å². The molecular formula is C15H14ClNO. The van der Waals surface area contributed by atoms with Gasteiger partial charge in [0.25, 0.3) is 0 Å². The molecule has 0 fully saturated rings. The molecule has 0 atom stereocenters. The lowest BCUT2D eigenvalue weighted by atomic mass is 10.0. The summed E-state index contributed by atoms with van der Waals surface area (Å²) >= 11 is 5.61. The maximum Gasteiger partial charge on any atom is 0.224 e. The second-order valence-corrected chi connectivity index (χ2v) is 4.64. The number of hydrogen-bond acceptors (Lipinski definition) is 1. The molecular weight excluding hydrogens is 246 g/mol. The van der Waals surface area contributed by atoms with Gasteiger partial charge in [0, 0.05) is 5.03 Å². The SMILES string of the molecule is C=C(Cl)CNC(=O)Cc1cccc2ccccc12. The molecule has 0 aliphatic heterocycles. The lowest BCUT2D eigenvalue weighted by Gasteiger charge is -2.07. The van der Waals surface area contributed by atoms with Crippen LogP contribution in [0.15, 0.2) is 54.1 Å². The standard InChI is InChI=1S/C15H14ClNO/c1-11(16)10-17-15(18)9-13-7-4-6-12-5-2-3-8-14(12)13/h2-8H,1,9-10H2,(H,17,18). The third kappa shape index (κ3) is 3.11. The van der Waals surface area contributed by atoms with Gasteiger partial charge in [-0.2, -0.15) is 0 Å². The van der Waals surface area contributed by atoms with Gasteiger partial charge >= 0.3 is 0 Å². The average molecular weight is 260 g/mol. The Balaban J connectivity index is 2.16. The van der Waals surface area contributed by atoms with E-state index in [0.29, 0.717) is 18.0 Å². The first-order valence-electron chi connectivity index (χ1n) is 5.73. The van der Waals surface area contributed by atoms with Crippen LogP contribution < -0.4 is 5.32 Å². The van der Waals surface area contributed by atoms with Crippen molar-refractivity contribution in [2.75, 3.05) is 6.54 Å². The number of amides is 1. The van der Waals surface area contributed by atoms with Crippen molar-refractivity contribution in [1.29, 1.82) is 0 Å². The van der Waals surface area contributed by atoms with Crippen molar-refractivity contribution in [2.24, 2.45) is 0 Å². The van der Waals surface area contributed by atoms with Crippen LogP contribution in [-0.4, -0.2) is 12.5 Å². The summed E-state index contributed by atoms with van der Waals surface area (Å²) in [6.07, 6.45) is 0.353. The first kappa shape index (κ1) is 12.7. The molecule has 0 aliphatic carbocycles. The van der Waals surface area contributed by atoms with Crippen LogP contribution in [0.25, 0.3) is 10.8 Å². The van der Waals surface area contributed by atoms with Crippen molar-refractivity contribution in [3.8, 4) is 0 Å². The lowest BCUT2D eigenvalue weighted by molar-refractivity contribution is -0.120. The van der Waals surface area contributed by atoms with E-state index in [1.807, 2.05) is 42.5 Å². The van der Waals surface area contributed by atoms with Crippen molar-refractivity contribution in [3.63, 3.8) is 0 Å². The Morgan fingerprint density at radius 3 is 2.67 bits per heavy atom. The number of benzene rings is 2. The molecule has 2 aromatic carbocycles. The van der Waals surface area contributed by atoms with E-state index in [1.165, 1.54) is 0 Å². The van der Waals surface area contributed by atoms with Crippen molar-refractivity contribution in [3.05, 3.63) is 59.6 Å². The molecule has 0 aliphatic rings. The molecule has 0 saturated heterocycles. The van der Waals surface area contributed by atoms with Gasteiger partial charge in [-0.25, -0.2) is 0 Å². The molecule has 0 unspecified atom stereocenters. The van der Waals surface area contributed by atoms with Crippen molar-refractivity contribution in [2.45, 2.75) is 6.42 Å². The zero-order valence-electron chi connectivity index (χ0n) is 9.95. The van der Waals surface area contributed by atoms with E-state index in [4.69, 9.17) is 11.6 Å². The Hall–Kier alpha value is -1.80. The highest BCUT2D eigenvalue weighted by atomic mass is 35.5. The Bertz CT molecular complexity index is 587. The lowest BCUT2D eigenvalue weighted by Crippen LogP contribution is -2.26. The van der Waals surface area contributed by atoms with Crippen molar-refractivity contribution < 1.29 is 4.79 Å². The van der Waals surface area contributed by atoms with Gasteiger partial charge in [0.15, 0.2) is 0 Å². The number of carbonyl (C=O) groups is 1. The Labute approximate surface area is 111 Å². The van der Waals surface area contributed by atoms with Crippen LogP contribution in [0.3, 0.4) is 0 Å². The van der Waals surface area contributed by atoms with Gasteiger partial charge in [-0.05, 0) is 16.3 Å². The van der Waals surface area contributed by atoms with E-state index in [2.05, 4.69) is 11.9 Å². The molecule has 2 rings (SSSR count). The van der Waals surface area contributed by atoms with Gasteiger partial charge in [-0.3, -0.25) is 4.79 Å². The van der Waals surface area contributed by atoms with Crippen LogP contribution in [0.2, 0.25) is 0 Å². The fraction of sp³-hybridized carbons (Fsp3) is 0.133. The van der Waals surface area contributed by atoms with E-state index in [9.17, 15) is 4.79 Å². The topological polar surface area (TPSA) is 29.1 Å². The fourth-order valence-corrected chi connectivity index (χ4v) is 1.94. The highest BCUT2D eigenvalue weighted by Gasteiger charge is 2.06. The quantitative estimate of drug-likeness (QED) is 0.897. The number of nitrogens with one attached hydrogen (secondary N) is 1. The van der Waals surface area contributed by atoms with E-state index in [0.717, 1.165) is 16.3 Å². The first-order valence-corrected chi connectivity index (χ1v) is 6.11. The Morgan fingerprint density at radius 2 is 1.89 bits per heavy atom. The van der Waals surface area contributed by atoms with Gasteiger partial charge in [-0.1, -0.05) is 60.6 Å². The van der Waals surface area contributed by atoms with Gasteiger partial charge < -0.3 is 5.32 Å². The highest BCUT2D eigenvalue weighted by Crippen LogP contribution is 2.18. The summed E-state index contributed by atoms with van der Waals surface area (Å²) in [7, 11) is 0. The number of halogens is 1. The Morgan fingerprint density at radius 1 is 1.17 bits per heavy atom.